The molecule has 2 amide bonds. The molecule has 3 rings (SSSR count). The predicted octanol–water partition coefficient (Wildman–Crippen LogP) is 1.92. The Kier molecular flexibility index (Phi) is 4.64. The second-order valence-corrected chi connectivity index (χ2v) is 6.87. The molecule has 1 heterocycles. The Bertz CT molecular complexity index is 563. The van der Waals surface area contributed by atoms with Crippen LogP contribution >= 0.6 is 0 Å². The van der Waals surface area contributed by atoms with E-state index in [0.29, 0.717) is 19.4 Å². The average molecular weight is 315 g/mol. The molecule has 0 unspecified atom stereocenters. The van der Waals surface area contributed by atoms with Crippen molar-refractivity contribution in [2.75, 3.05) is 13.6 Å². The molecular formula is C18H25N3O2. The van der Waals surface area contributed by atoms with Gasteiger partial charge in [0.1, 0.15) is 5.41 Å². The number of nitrogens with zero attached hydrogens (tertiary/aromatic N) is 2. The average Bonchev–Trinajstić information content (AvgIpc) is 3.24. The van der Waals surface area contributed by atoms with Crippen LogP contribution in [0.5, 0.6) is 0 Å². The predicted molar refractivity (Wildman–Crippen MR) is 87.6 cm³/mol. The fraction of sp³-hybridized carbons (Fsp3) is 0.611. The lowest BCUT2D eigenvalue weighted by Gasteiger charge is -2.24. The second-order valence-electron chi connectivity index (χ2n) is 6.87. The van der Waals surface area contributed by atoms with Crippen LogP contribution in [0.25, 0.3) is 0 Å². The van der Waals surface area contributed by atoms with Gasteiger partial charge in [0.2, 0.25) is 11.8 Å². The Labute approximate surface area is 137 Å². The van der Waals surface area contributed by atoms with Crippen LogP contribution in [0.3, 0.4) is 0 Å². The van der Waals surface area contributed by atoms with E-state index in [1.54, 1.807) is 24.3 Å². The van der Waals surface area contributed by atoms with Crippen LogP contribution in [0.15, 0.2) is 24.5 Å². The first kappa shape index (κ1) is 16.0. The number of carbonyl (C=O) groups excluding carboxylic acids is 2. The van der Waals surface area contributed by atoms with E-state index >= 15 is 0 Å². The number of amides is 2. The number of nitrogens with one attached hydrogen (secondary N) is 1. The molecule has 0 spiro atoms. The Morgan fingerprint density at radius 3 is 2.52 bits per heavy atom. The SMILES string of the molecule is CN(CCc1ccncc1)C(=O)C1(C(=O)NC2CCCC2)CC1. The van der Waals surface area contributed by atoms with Gasteiger partial charge < -0.3 is 10.2 Å². The number of carbonyl (C=O) groups is 2. The van der Waals surface area contributed by atoms with E-state index in [1.165, 1.54) is 12.8 Å². The first-order chi connectivity index (χ1) is 11.1. The van der Waals surface area contributed by atoms with Crippen molar-refractivity contribution in [3.05, 3.63) is 30.1 Å². The largest absolute Gasteiger partial charge is 0.352 e. The highest BCUT2D eigenvalue weighted by Gasteiger charge is 2.57. The van der Waals surface area contributed by atoms with Crippen LogP contribution in [0.1, 0.15) is 44.1 Å². The Balaban J connectivity index is 1.54. The molecule has 1 aromatic rings. The maximum absolute atomic E-state index is 12.7. The van der Waals surface area contributed by atoms with E-state index in [-0.39, 0.29) is 17.9 Å². The zero-order valence-corrected chi connectivity index (χ0v) is 13.8. The molecule has 5 heteroatoms. The molecule has 2 aliphatic rings. The number of aromatic nitrogens is 1. The van der Waals surface area contributed by atoms with Gasteiger partial charge >= 0.3 is 0 Å². The van der Waals surface area contributed by atoms with E-state index in [9.17, 15) is 9.59 Å². The molecule has 124 valence electrons. The summed E-state index contributed by atoms with van der Waals surface area (Å²) in [5, 5.41) is 3.10. The molecule has 0 aliphatic heterocycles. The molecule has 2 fully saturated rings. The summed E-state index contributed by atoms with van der Waals surface area (Å²) in [7, 11) is 1.80. The minimum absolute atomic E-state index is 0.0259. The van der Waals surface area contributed by atoms with Gasteiger partial charge in [0, 0.05) is 32.0 Å². The molecule has 0 saturated heterocycles. The number of hydrogen-bond acceptors (Lipinski definition) is 3. The third kappa shape index (κ3) is 3.54. The van der Waals surface area contributed by atoms with Gasteiger partial charge in [0.25, 0.3) is 0 Å². The molecule has 0 atom stereocenters. The summed E-state index contributed by atoms with van der Waals surface area (Å²) in [5.41, 5.74) is 0.371. The lowest BCUT2D eigenvalue weighted by atomic mass is 10.0. The molecular weight excluding hydrogens is 290 g/mol. The molecule has 0 radical (unpaired) electrons. The van der Waals surface area contributed by atoms with Crippen LogP contribution < -0.4 is 5.32 Å². The molecule has 2 aliphatic carbocycles. The Morgan fingerprint density at radius 1 is 1.26 bits per heavy atom. The summed E-state index contributed by atoms with van der Waals surface area (Å²) in [6, 6.07) is 4.19. The van der Waals surface area contributed by atoms with Gasteiger partial charge in [-0.15, -0.1) is 0 Å². The van der Waals surface area contributed by atoms with Gasteiger partial charge in [0.05, 0.1) is 0 Å². The van der Waals surface area contributed by atoms with Gasteiger partial charge in [-0.25, -0.2) is 0 Å². The zero-order chi connectivity index (χ0) is 16.3. The van der Waals surface area contributed by atoms with Gasteiger partial charge in [0.15, 0.2) is 0 Å². The van der Waals surface area contributed by atoms with Gasteiger partial charge in [-0.05, 0) is 49.8 Å². The van der Waals surface area contributed by atoms with Crippen molar-refractivity contribution in [2.24, 2.45) is 5.41 Å². The molecule has 0 aromatic carbocycles. The first-order valence-electron chi connectivity index (χ1n) is 8.57. The van der Waals surface area contributed by atoms with Crippen molar-refractivity contribution < 1.29 is 9.59 Å². The summed E-state index contributed by atoms with van der Waals surface area (Å²) in [5.74, 6) is -0.0767. The van der Waals surface area contributed by atoms with E-state index in [4.69, 9.17) is 0 Å². The lowest BCUT2D eigenvalue weighted by Crippen LogP contribution is -2.46. The first-order valence-corrected chi connectivity index (χ1v) is 8.57. The summed E-state index contributed by atoms with van der Waals surface area (Å²) >= 11 is 0. The quantitative estimate of drug-likeness (QED) is 0.816. The highest BCUT2D eigenvalue weighted by molar-refractivity contribution is 6.07. The monoisotopic (exact) mass is 315 g/mol. The van der Waals surface area contributed by atoms with Crippen LogP contribution in [0, 0.1) is 5.41 Å². The lowest BCUT2D eigenvalue weighted by molar-refractivity contribution is -0.143. The maximum Gasteiger partial charge on any atom is 0.238 e. The summed E-state index contributed by atoms with van der Waals surface area (Å²) in [4.78, 5) is 31.0. The summed E-state index contributed by atoms with van der Waals surface area (Å²) in [6.45, 7) is 0.626. The number of likely N-dealkylation sites (N-methyl/N-ethyl adjacent to an activating group) is 1. The highest BCUT2D eigenvalue weighted by Crippen LogP contribution is 2.47. The van der Waals surface area contributed by atoms with Crippen molar-refractivity contribution in [2.45, 2.75) is 51.0 Å². The normalized spacial score (nSPS) is 19.3. The molecule has 2 saturated carbocycles. The minimum Gasteiger partial charge on any atom is -0.352 e. The summed E-state index contributed by atoms with van der Waals surface area (Å²) in [6.07, 6.45) is 10.1. The number of rotatable bonds is 6. The maximum atomic E-state index is 12.7. The molecule has 23 heavy (non-hydrogen) atoms. The van der Waals surface area contributed by atoms with E-state index in [2.05, 4.69) is 10.3 Å². The fourth-order valence-corrected chi connectivity index (χ4v) is 3.37. The second kappa shape index (κ2) is 6.69. The highest BCUT2D eigenvalue weighted by atomic mass is 16.2. The van der Waals surface area contributed by atoms with Crippen molar-refractivity contribution in [1.82, 2.24) is 15.2 Å². The van der Waals surface area contributed by atoms with Gasteiger partial charge in [-0.1, -0.05) is 12.8 Å². The van der Waals surface area contributed by atoms with Crippen LogP contribution in [0.2, 0.25) is 0 Å². The van der Waals surface area contributed by atoms with E-state index in [0.717, 1.165) is 24.8 Å². The smallest absolute Gasteiger partial charge is 0.238 e. The van der Waals surface area contributed by atoms with Crippen LogP contribution in [-0.4, -0.2) is 41.3 Å². The van der Waals surface area contributed by atoms with E-state index in [1.807, 2.05) is 12.1 Å². The van der Waals surface area contributed by atoms with Crippen LogP contribution in [0.4, 0.5) is 0 Å². The van der Waals surface area contributed by atoms with Gasteiger partial charge in [-0.3, -0.25) is 14.6 Å². The summed E-state index contributed by atoms with van der Waals surface area (Å²) < 4.78 is 0. The standard InChI is InChI=1S/C18H25N3O2/c1-21(13-8-14-6-11-19-12-7-14)17(23)18(9-10-18)16(22)20-15-4-2-3-5-15/h6-7,11-12,15H,2-5,8-10,13H2,1H3,(H,20,22). The molecule has 1 N–H and O–H groups in total. The van der Waals surface area contributed by atoms with Crippen molar-refractivity contribution in [1.29, 1.82) is 0 Å². The van der Waals surface area contributed by atoms with E-state index < -0.39 is 5.41 Å². The van der Waals surface area contributed by atoms with Gasteiger partial charge in [-0.2, -0.15) is 0 Å². The number of hydrogen-bond donors (Lipinski definition) is 1. The van der Waals surface area contributed by atoms with Crippen LogP contribution in [-0.2, 0) is 16.0 Å². The van der Waals surface area contributed by atoms with Crippen molar-refractivity contribution >= 4 is 11.8 Å². The topological polar surface area (TPSA) is 62.3 Å². The molecule has 5 nitrogen and oxygen atoms in total. The van der Waals surface area contributed by atoms with Crippen molar-refractivity contribution in [3.63, 3.8) is 0 Å². The molecule has 0 bridgehead atoms. The molecule has 1 aromatic heterocycles. The van der Waals surface area contributed by atoms with Crippen molar-refractivity contribution in [3.8, 4) is 0 Å². The zero-order valence-electron chi connectivity index (χ0n) is 13.8. The Morgan fingerprint density at radius 2 is 1.91 bits per heavy atom. The Hall–Kier alpha value is -1.91. The fourth-order valence-electron chi connectivity index (χ4n) is 3.37. The third-order valence-corrected chi connectivity index (χ3v) is 5.12. The minimum atomic E-state index is -0.782. The third-order valence-electron chi connectivity index (χ3n) is 5.12. The number of pyridine rings is 1.